The second-order valence-corrected chi connectivity index (χ2v) is 8.89. The van der Waals surface area contributed by atoms with Gasteiger partial charge >= 0.3 is 5.97 Å². The number of nitrogens with zero attached hydrogens (tertiary/aromatic N) is 2. The van der Waals surface area contributed by atoms with E-state index in [1.165, 1.54) is 4.31 Å². The Morgan fingerprint density at radius 2 is 1.48 bits per heavy atom. The number of aliphatic carboxylic acids is 1. The summed E-state index contributed by atoms with van der Waals surface area (Å²) in [4.78, 5) is 13.4. The highest BCUT2D eigenvalue weighted by Crippen LogP contribution is 2.22. The summed E-state index contributed by atoms with van der Waals surface area (Å²) in [6, 6.07) is 19.1. The quantitative estimate of drug-likeness (QED) is 0.787. The average molecular weight is 388 g/mol. The Bertz CT molecular complexity index is 848. The van der Waals surface area contributed by atoms with E-state index in [2.05, 4.69) is 4.90 Å². The van der Waals surface area contributed by atoms with E-state index in [0.717, 1.165) is 11.3 Å². The van der Waals surface area contributed by atoms with Crippen molar-refractivity contribution in [2.45, 2.75) is 18.1 Å². The van der Waals surface area contributed by atoms with E-state index < -0.39 is 27.7 Å². The molecule has 1 N–H and O–H groups in total. The number of hydrogen-bond acceptors (Lipinski definition) is 4. The Morgan fingerprint density at radius 3 is 2.04 bits per heavy atom. The molecule has 1 saturated heterocycles. The number of benzene rings is 2. The lowest BCUT2D eigenvalue weighted by Gasteiger charge is -2.37. The van der Waals surface area contributed by atoms with Crippen LogP contribution in [0.25, 0.3) is 0 Å². The third-order valence-electron chi connectivity index (χ3n) is 4.85. The molecule has 1 heterocycles. The summed E-state index contributed by atoms with van der Waals surface area (Å²) in [7, 11) is -3.70. The van der Waals surface area contributed by atoms with Gasteiger partial charge in [0, 0.05) is 31.9 Å². The molecular weight excluding hydrogens is 364 g/mol. The molecule has 6 nitrogen and oxygen atoms in total. The van der Waals surface area contributed by atoms with Crippen molar-refractivity contribution in [2.24, 2.45) is 0 Å². The predicted octanol–water partition coefficient (Wildman–Crippen LogP) is 2.22. The van der Waals surface area contributed by atoms with Crippen molar-refractivity contribution >= 4 is 21.7 Å². The molecule has 0 aromatic heterocycles. The fraction of sp³-hybridized carbons (Fsp3) is 0.350. The number of anilines is 1. The van der Waals surface area contributed by atoms with Gasteiger partial charge in [0.25, 0.3) is 0 Å². The number of rotatable bonds is 7. The summed E-state index contributed by atoms with van der Waals surface area (Å²) < 4.78 is 27.7. The SMILES string of the molecule is O=C(O)CC(Cc1ccccc1)S(=O)(=O)N1CCN(c2ccccc2)CC1. The molecule has 0 spiro atoms. The van der Waals surface area contributed by atoms with Gasteiger partial charge < -0.3 is 10.0 Å². The second-order valence-electron chi connectivity index (χ2n) is 6.68. The van der Waals surface area contributed by atoms with E-state index in [0.29, 0.717) is 26.2 Å². The lowest BCUT2D eigenvalue weighted by atomic mass is 10.1. The number of carbonyl (C=O) groups is 1. The van der Waals surface area contributed by atoms with E-state index in [9.17, 15) is 18.3 Å². The van der Waals surface area contributed by atoms with Crippen LogP contribution in [0.4, 0.5) is 5.69 Å². The van der Waals surface area contributed by atoms with Crippen molar-refractivity contribution in [3.63, 3.8) is 0 Å². The van der Waals surface area contributed by atoms with E-state index in [1.807, 2.05) is 60.7 Å². The normalized spacial score (nSPS) is 16.8. The van der Waals surface area contributed by atoms with Crippen LogP contribution in [0.15, 0.2) is 60.7 Å². The topological polar surface area (TPSA) is 77.9 Å². The predicted molar refractivity (Wildman–Crippen MR) is 105 cm³/mol. The molecule has 1 unspecified atom stereocenters. The number of piperazine rings is 1. The highest BCUT2D eigenvalue weighted by atomic mass is 32.2. The lowest BCUT2D eigenvalue weighted by molar-refractivity contribution is -0.137. The summed E-state index contributed by atoms with van der Waals surface area (Å²) in [6.07, 6.45) is -0.190. The van der Waals surface area contributed by atoms with Gasteiger partial charge in [-0.05, 0) is 24.1 Å². The van der Waals surface area contributed by atoms with Gasteiger partial charge in [-0.15, -0.1) is 0 Å². The molecular formula is C20H24N2O4S. The van der Waals surface area contributed by atoms with Gasteiger partial charge in [-0.2, -0.15) is 4.31 Å². The van der Waals surface area contributed by atoms with Crippen LogP contribution in [0.1, 0.15) is 12.0 Å². The van der Waals surface area contributed by atoms with Crippen LogP contribution in [-0.4, -0.2) is 55.2 Å². The number of carboxylic acids is 1. The zero-order chi connectivity index (χ0) is 19.3. The van der Waals surface area contributed by atoms with E-state index in [4.69, 9.17) is 0 Å². The van der Waals surface area contributed by atoms with E-state index in [-0.39, 0.29) is 6.42 Å². The van der Waals surface area contributed by atoms with Crippen LogP contribution >= 0.6 is 0 Å². The van der Waals surface area contributed by atoms with Gasteiger partial charge in [0.1, 0.15) is 0 Å². The van der Waals surface area contributed by atoms with Crippen molar-refractivity contribution in [1.82, 2.24) is 4.31 Å². The maximum atomic E-state index is 13.1. The summed E-state index contributed by atoms with van der Waals surface area (Å²) >= 11 is 0. The van der Waals surface area contributed by atoms with Crippen LogP contribution in [0.2, 0.25) is 0 Å². The number of sulfonamides is 1. The smallest absolute Gasteiger partial charge is 0.304 e. The highest BCUT2D eigenvalue weighted by Gasteiger charge is 2.35. The largest absolute Gasteiger partial charge is 0.481 e. The zero-order valence-corrected chi connectivity index (χ0v) is 15.9. The van der Waals surface area contributed by atoms with Crippen molar-refractivity contribution in [1.29, 1.82) is 0 Å². The first-order chi connectivity index (χ1) is 13.0. The van der Waals surface area contributed by atoms with Crippen LogP contribution in [0.5, 0.6) is 0 Å². The molecule has 27 heavy (non-hydrogen) atoms. The summed E-state index contributed by atoms with van der Waals surface area (Å²) in [6.45, 7) is 1.91. The molecule has 1 atom stereocenters. The molecule has 7 heteroatoms. The lowest BCUT2D eigenvalue weighted by Crippen LogP contribution is -2.51. The van der Waals surface area contributed by atoms with Gasteiger partial charge in [0.2, 0.25) is 10.0 Å². The fourth-order valence-electron chi connectivity index (χ4n) is 3.40. The Kier molecular flexibility index (Phi) is 6.13. The van der Waals surface area contributed by atoms with Crippen molar-refractivity contribution in [3.05, 3.63) is 66.2 Å². The summed E-state index contributed by atoms with van der Waals surface area (Å²) in [5, 5.41) is 8.27. The molecule has 144 valence electrons. The Hall–Kier alpha value is -2.38. The highest BCUT2D eigenvalue weighted by molar-refractivity contribution is 7.89. The molecule has 1 fully saturated rings. The zero-order valence-electron chi connectivity index (χ0n) is 15.1. The minimum Gasteiger partial charge on any atom is -0.481 e. The average Bonchev–Trinajstić information content (AvgIpc) is 2.69. The standard InChI is InChI=1S/C20H24N2O4S/c23-20(24)16-19(15-17-7-3-1-4-8-17)27(25,26)22-13-11-21(12-14-22)18-9-5-2-6-10-18/h1-10,19H,11-16H2,(H,23,24). The first-order valence-electron chi connectivity index (χ1n) is 9.01. The number of para-hydroxylation sites is 1. The molecule has 0 saturated carbocycles. The number of carboxylic acid groups (broad SMARTS) is 1. The third-order valence-corrected chi connectivity index (χ3v) is 7.11. The maximum Gasteiger partial charge on any atom is 0.304 e. The van der Waals surface area contributed by atoms with Crippen LogP contribution in [-0.2, 0) is 21.2 Å². The van der Waals surface area contributed by atoms with Crippen LogP contribution in [0, 0.1) is 0 Å². The summed E-state index contributed by atoms with van der Waals surface area (Å²) in [5.74, 6) is -1.09. The van der Waals surface area contributed by atoms with Gasteiger partial charge in [0.15, 0.2) is 0 Å². The van der Waals surface area contributed by atoms with E-state index >= 15 is 0 Å². The van der Waals surface area contributed by atoms with Gasteiger partial charge in [-0.25, -0.2) is 8.42 Å². The third kappa shape index (κ3) is 4.87. The minimum atomic E-state index is -3.70. The Labute approximate surface area is 160 Å². The van der Waals surface area contributed by atoms with Crippen molar-refractivity contribution in [2.75, 3.05) is 31.1 Å². The molecule has 0 aliphatic carbocycles. The first kappa shape index (κ1) is 19.4. The minimum absolute atomic E-state index is 0.203. The van der Waals surface area contributed by atoms with Gasteiger partial charge in [0.05, 0.1) is 11.7 Å². The molecule has 1 aliphatic rings. The maximum absolute atomic E-state index is 13.1. The Morgan fingerprint density at radius 1 is 0.926 bits per heavy atom. The molecule has 2 aromatic rings. The summed E-state index contributed by atoms with van der Waals surface area (Å²) in [5.41, 5.74) is 1.90. The van der Waals surface area contributed by atoms with Crippen LogP contribution in [0.3, 0.4) is 0 Å². The van der Waals surface area contributed by atoms with Gasteiger partial charge in [-0.1, -0.05) is 48.5 Å². The van der Waals surface area contributed by atoms with Crippen molar-refractivity contribution in [3.8, 4) is 0 Å². The second kappa shape index (κ2) is 8.54. The molecule has 2 aromatic carbocycles. The van der Waals surface area contributed by atoms with Crippen LogP contribution < -0.4 is 4.90 Å². The molecule has 1 aliphatic heterocycles. The molecule has 3 rings (SSSR count). The molecule has 0 amide bonds. The molecule has 0 bridgehead atoms. The first-order valence-corrected chi connectivity index (χ1v) is 10.5. The monoisotopic (exact) mass is 388 g/mol. The van der Waals surface area contributed by atoms with Gasteiger partial charge in [-0.3, -0.25) is 4.79 Å². The molecule has 0 radical (unpaired) electrons. The van der Waals surface area contributed by atoms with E-state index in [1.54, 1.807) is 0 Å². The number of hydrogen-bond donors (Lipinski definition) is 1. The Balaban J connectivity index is 1.71. The fourth-order valence-corrected chi connectivity index (χ4v) is 5.26. The van der Waals surface area contributed by atoms with Crippen molar-refractivity contribution < 1.29 is 18.3 Å².